The second kappa shape index (κ2) is 14.0. The third-order valence-corrected chi connectivity index (χ3v) is 8.74. The molecule has 242 valence electrons. The van der Waals surface area contributed by atoms with Crippen LogP contribution in [-0.2, 0) is 22.6 Å². The Morgan fingerprint density at radius 1 is 1.11 bits per heavy atom. The third kappa shape index (κ3) is 7.49. The highest BCUT2D eigenvalue weighted by molar-refractivity contribution is 5.94. The van der Waals surface area contributed by atoms with E-state index in [4.69, 9.17) is 14.9 Å². The van der Waals surface area contributed by atoms with E-state index >= 15 is 0 Å². The molecule has 0 radical (unpaired) electrons. The van der Waals surface area contributed by atoms with Crippen molar-refractivity contribution in [1.82, 2.24) is 15.1 Å². The maximum atomic E-state index is 14.6. The molecule has 2 aromatic carbocycles. The molecule has 1 aliphatic rings. The molecule has 0 aliphatic carbocycles. The van der Waals surface area contributed by atoms with Crippen LogP contribution in [0.5, 0.6) is 0 Å². The zero-order chi connectivity index (χ0) is 32.9. The standard InChI is InChI=1S/C34H46N5O6/c1-22(2)28(35)31(41)39(17-11-13-24(39)4)32(42)38(33(43)44-20-25-14-8-7-9-15-25)21-34(5,6)29(40)30-37-36-27(45-30)19-26-16-10-12-23(3)18-26/h7-10,12,14-16,18,22,24,28-29,40H,11,13,17,19-21,35H2,1-6H3/q+1/t24-,28+,29?,39?/m1/s1. The van der Waals surface area contributed by atoms with E-state index in [1.165, 1.54) is 0 Å². The molecule has 3 N–H and O–H groups in total. The molecule has 1 saturated heterocycles. The van der Waals surface area contributed by atoms with E-state index in [1.54, 1.807) is 26.0 Å². The Morgan fingerprint density at radius 2 is 1.80 bits per heavy atom. The summed E-state index contributed by atoms with van der Waals surface area (Å²) in [5.41, 5.74) is 7.97. The lowest BCUT2D eigenvalue weighted by molar-refractivity contribution is -0.788. The summed E-state index contributed by atoms with van der Waals surface area (Å²) >= 11 is 0. The number of aromatic nitrogens is 2. The number of carbonyl (C=O) groups excluding carboxylic acids is 3. The summed E-state index contributed by atoms with van der Waals surface area (Å²) in [5.74, 6) is -0.360. The van der Waals surface area contributed by atoms with E-state index in [1.807, 2.05) is 70.2 Å². The van der Waals surface area contributed by atoms with Crippen molar-refractivity contribution in [3.8, 4) is 0 Å². The average molecular weight is 621 g/mol. The molecule has 4 atom stereocenters. The number of hydrogen-bond acceptors (Lipinski definition) is 9. The fourth-order valence-electron chi connectivity index (χ4n) is 5.83. The van der Waals surface area contributed by atoms with Crippen LogP contribution >= 0.6 is 0 Å². The molecule has 4 amide bonds. The Bertz CT molecular complexity index is 1490. The summed E-state index contributed by atoms with van der Waals surface area (Å²) in [6, 6.07) is 15.0. The van der Waals surface area contributed by atoms with E-state index in [9.17, 15) is 19.5 Å². The van der Waals surface area contributed by atoms with Crippen LogP contribution in [0.2, 0.25) is 0 Å². The summed E-state index contributed by atoms with van der Waals surface area (Å²) in [6.07, 6.45) is -0.640. The van der Waals surface area contributed by atoms with Crippen LogP contribution in [0.3, 0.4) is 0 Å². The first-order chi connectivity index (χ1) is 21.3. The molecule has 0 bridgehead atoms. The Kier molecular flexibility index (Phi) is 10.6. The van der Waals surface area contributed by atoms with Gasteiger partial charge < -0.3 is 20.0 Å². The number of amides is 4. The van der Waals surface area contributed by atoms with Crippen molar-refractivity contribution in [2.24, 2.45) is 17.1 Å². The average Bonchev–Trinajstić information content (AvgIpc) is 3.64. The number of rotatable bonds is 10. The molecule has 45 heavy (non-hydrogen) atoms. The monoisotopic (exact) mass is 620 g/mol. The van der Waals surface area contributed by atoms with Gasteiger partial charge in [0.1, 0.15) is 24.8 Å². The Hall–Kier alpha value is -3.93. The van der Waals surface area contributed by atoms with Gasteiger partial charge in [-0.15, -0.1) is 10.2 Å². The van der Waals surface area contributed by atoms with E-state index in [-0.39, 0.29) is 31.5 Å². The lowest BCUT2D eigenvalue weighted by atomic mass is 9.85. The van der Waals surface area contributed by atoms with Crippen LogP contribution < -0.4 is 5.73 Å². The highest BCUT2D eigenvalue weighted by Gasteiger charge is 2.58. The van der Waals surface area contributed by atoms with Crippen molar-refractivity contribution in [2.75, 3.05) is 13.1 Å². The molecular weight excluding hydrogens is 574 g/mol. The second-order valence-corrected chi connectivity index (χ2v) is 13.2. The van der Waals surface area contributed by atoms with E-state index in [2.05, 4.69) is 10.2 Å². The van der Waals surface area contributed by atoms with Crippen molar-refractivity contribution < 1.29 is 33.1 Å². The summed E-state index contributed by atoms with van der Waals surface area (Å²) < 4.78 is 10.9. The minimum absolute atomic E-state index is 0.0379. The quantitative estimate of drug-likeness (QED) is 0.288. The van der Waals surface area contributed by atoms with E-state index < -0.39 is 46.1 Å². The molecule has 1 fully saturated rings. The Labute approximate surface area is 265 Å². The molecule has 3 aromatic rings. The fraction of sp³-hybridized carbons (Fsp3) is 0.500. The molecule has 2 heterocycles. The number of hydrogen-bond donors (Lipinski definition) is 2. The number of likely N-dealkylation sites (tertiary alicyclic amines) is 1. The predicted octanol–water partition coefficient (Wildman–Crippen LogP) is 5.30. The van der Waals surface area contributed by atoms with Gasteiger partial charge in [0, 0.05) is 24.8 Å². The first-order valence-corrected chi connectivity index (χ1v) is 15.5. The molecule has 1 aromatic heterocycles. The van der Waals surface area contributed by atoms with Crippen LogP contribution in [0.25, 0.3) is 0 Å². The number of urea groups is 1. The van der Waals surface area contributed by atoms with Gasteiger partial charge in [0.2, 0.25) is 11.8 Å². The van der Waals surface area contributed by atoms with Gasteiger partial charge >= 0.3 is 18.0 Å². The first-order valence-electron chi connectivity index (χ1n) is 15.5. The van der Waals surface area contributed by atoms with Crippen LogP contribution in [-0.4, -0.2) is 67.9 Å². The predicted molar refractivity (Wildman–Crippen MR) is 167 cm³/mol. The van der Waals surface area contributed by atoms with Crippen molar-refractivity contribution in [1.29, 1.82) is 0 Å². The van der Waals surface area contributed by atoms with Crippen LogP contribution in [0.4, 0.5) is 9.59 Å². The topological polar surface area (TPSA) is 149 Å². The van der Waals surface area contributed by atoms with Gasteiger partial charge in [0.25, 0.3) is 0 Å². The molecule has 11 heteroatoms. The van der Waals surface area contributed by atoms with Crippen LogP contribution in [0.1, 0.15) is 82.0 Å². The molecule has 11 nitrogen and oxygen atoms in total. The maximum Gasteiger partial charge on any atom is 0.436 e. The van der Waals surface area contributed by atoms with Gasteiger partial charge in [-0.2, -0.15) is 9.38 Å². The van der Waals surface area contributed by atoms with Crippen LogP contribution in [0.15, 0.2) is 59.0 Å². The Balaban J connectivity index is 1.63. The van der Waals surface area contributed by atoms with Crippen LogP contribution in [0, 0.1) is 18.3 Å². The number of benzene rings is 2. The fourth-order valence-corrected chi connectivity index (χ4v) is 5.83. The normalized spacial score (nSPS) is 19.7. The van der Waals surface area contributed by atoms with Gasteiger partial charge in [-0.1, -0.05) is 87.9 Å². The smallest absolute Gasteiger partial charge is 0.436 e. The highest BCUT2D eigenvalue weighted by Crippen LogP contribution is 2.37. The number of nitrogens with zero attached hydrogens (tertiary/aromatic N) is 4. The second-order valence-electron chi connectivity index (χ2n) is 13.2. The van der Waals surface area contributed by atoms with E-state index in [0.717, 1.165) is 21.6 Å². The number of quaternary nitrogens is 1. The SMILES string of the molecule is Cc1cccc(Cc2nnc(C(O)C(C)(C)CN(C(=O)OCc3ccccc3)C(=O)[N+]3(C(=O)[C@@H](N)C(C)C)CCC[C@H]3C)o2)c1. The molecule has 4 rings (SSSR count). The number of nitrogens with two attached hydrogens (primary N) is 1. The van der Waals surface area contributed by atoms with Crippen molar-refractivity contribution in [2.45, 2.75) is 85.6 Å². The van der Waals surface area contributed by atoms with Gasteiger partial charge in [-0.25, -0.2) is 14.4 Å². The number of ether oxygens (including phenoxy) is 1. The molecule has 1 aliphatic heterocycles. The zero-order valence-electron chi connectivity index (χ0n) is 27.1. The van der Waals surface area contributed by atoms with Crippen molar-refractivity contribution in [3.63, 3.8) is 0 Å². The number of aliphatic hydroxyl groups is 1. The summed E-state index contributed by atoms with van der Waals surface area (Å²) in [7, 11) is 0. The highest BCUT2D eigenvalue weighted by atomic mass is 16.6. The molecule has 0 spiro atoms. The largest absolute Gasteiger partial charge is 0.444 e. The number of imide groups is 2. The lowest BCUT2D eigenvalue weighted by Crippen LogP contribution is -2.69. The summed E-state index contributed by atoms with van der Waals surface area (Å²) in [4.78, 5) is 43.2. The number of aryl methyl sites for hydroxylation is 1. The summed E-state index contributed by atoms with van der Waals surface area (Å²) in [5, 5.41) is 19.7. The minimum atomic E-state index is -1.34. The van der Waals surface area contributed by atoms with Gasteiger partial charge in [-0.3, -0.25) is 0 Å². The van der Waals surface area contributed by atoms with Gasteiger partial charge in [-0.05, 0) is 30.9 Å². The zero-order valence-corrected chi connectivity index (χ0v) is 27.1. The molecule has 0 saturated carbocycles. The lowest BCUT2D eigenvalue weighted by Gasteiger charge is -2.40. The van der Waals surface area contributed by atoms with Crippen molar-refractivity contribution in [3.05, 3.63) is 83.1 Å². The minimum Gasteiger partial charge on any atom is -0.444 e. The number of aliphatic hydroxyl groups excluding tert-OH is 1. The maximum absolute atomic E-state index is 14.6. The van der Waals surface area contributed by atoms with E-state index in [0.29, 0.717) is 25.2 Å². The van der Waals surface area contributed by atoms with Gasteiger partial charge in [0.05, 0.1) is 13.0 Å². The van der Waals surface area contributed by atoms with Crippen molar-refractivity contribution >= 4 is 18.0 Å². The number of carbonyl (C=O) groups is 3. The third-order valence-electron chi connectivity index (χ3n) is 8.74. The Morgan fingerprint density at radius 3 is 2.42 bits per heavy atom. The molecular formula is C34H46N5O6+. The molecule has 2 unspecified atom stereocenters. The first kappa shape index (κ1) is 34.0. The van der Waals surface area contributed by atoms with Gasteiger partial charge in [0.15, 0.2) is 0 Å². The summed E-state index contributed by atoms with van der Waals surface area (Å²) in [6.45, 7) is 10.7.